The lowest BCUT2D eigenvalue weighted by molar-refractivity contribution is 0.0971. The van der Waals surface area contributed by atoms with Gasteiger partial charge in [0, 0.05) is 11.3 Å². The maximum Gasteiger partial charge on any atom is 0.295 e. The van der Waals surface area contributed by atoms with E-state index >= 15 is 0 Å². The first-order valence-corrected chi connectivity index (χ1v) is 9.67. The van der Waals surface area contributed by atoms with E-state index < -0.39 is 17.8 Å². The fourth-order valence-corrected chi connectivity index (χ4v) is 4.05. The standard InChI is InChI=1S/C25H18FNO3/c1-14-7-10-16(11-8-14)27-22(17-5-3-4-6-19(17)26)21-23(28)18-13-15(2)9-12-20(18)30-24(21)25(27)29/h3-13,22H,1-2H3. The number of fused-ring (bicyclic) bond motifs is 2. The zero-order valence-electron chi connectivity index (χ0n) is 16.5. The number of hydrogen-bond acceptors (Lipinski definition) is 3. The molecule has 2 heterocycles. The van der Waals surface area contributed by atoms with Crippen molar-refractivity contribution in [3.05, 3.63) is 111 Å². The molecular weight excluding hydrogens is 381 g/mol. The molecule has 4 aromatic rings. The number of benzene rings is 3. The predicted octanol–water partition coefficient (Wildman–Crippen LogP) is 5.30. The van der Waals surface area contributed by atoms with Crippen LogP contribution in [0.15, 0.2) is 75.9 Å². The number of hydrogen-bond donors (Lipinski definition) is 0. The van der Waals surface area contributed by atoms with Gasteiger partial charge >= 0.3 is 0 Å². The number of carbonyl (C=O) groups excluding carboxylic acids is 1. The SMILES string of the molecule is Cc1ccc(N2C(=O)c3oc4ccc(C)cc4c(=O)c3C2c2ccccc2F)cc1. The van der Waals surface area contributed by atoms with Crippen molar-refractivity contribution in [2.24, 2.45) is 0 Å². The minimum Gasteiger partial charge on any atom is -0.450 e. The quantitative estimate of drug-likeness (QED) is 0.460. The first-order chi connectivity index (χ1) is 14.5. The lowest BCUT2D eigenvalue weighted by Crippen LogP contribution is -2.30. The summed E-state index contributed by atoms with van der Waals surface area (Å²) < 4.78 is 20.8. The van der Waals surface area contributed by atoms with E-state index in [4.69, 9.17) is 4.42 Å². The molecule has 0 saturated heterocycles. The number of aryl methyl sites for hydroxylation is 2. The highest BCUT2D eigenvalue weighted by molar-refractivity contribution is 6.10. The van der Waals surface area contributed by atoms with Crippen molar-refractivity contribution in [3.63, 3.8) is 0 Å². The summed E-state index contributed by atoms with van der Waals surface area (Å²) in [5, 5.41) is 0.383. The van der Waals surface area contributed by atoms with Gasteiger partial charge in [-0.3, -0.25) is 14.5 Å². The van der Waals surface area contributed by atoms with Crippen molar-refractivity contribution < 1.29 is 13.6 Å². The average Bonchev–Trinajstić information content (AvgIpc) is 3.02. The van der Waals surface area contributed by atoms with Crippen LogP contribution in [-0.2, 0) is 0 Å². The highest BCUT2D eigenvalue weighted by Crippen LogP contribution is 2.41. The average molecular weight is 399 g/mol. The molecule has 5 rings (SSSR count). The van der Waals surface area contributed by atoms with Crippen molar-refractivity contribution in [3.8, 4) is 0 Å². The Hall–Kier alpha value is -3.73. The van der Waals surface area contributed by atoms with Gasteiger partial charge < -0.3 is 4.42 Å². The number of anilines is 1. The number of amides is 1. The molecule has 3 aromatic carbocycles. The minimum absolute atomic E-state index is 0.0369. The van der Waals surface area contributed by atoms with E-state index in [1.165, 1.54) is 11.0 Å². The number of carbonyl (C=O) groups is 1. The summed E-state index contributed by atoms with van der Waals surface area (Å²) in [6.07, 6.45) is 0. The number of nitrogens with zero attached hydrogens (tertiary/aromatic N) is 1. The fourth-order valence-electron chi connectivity index (χ4n) is 4.05. The first kappa shape index (κ1) is 18.3. The third-order valence-electron chi connectivity index (χ3n) is 5.54. The van der Waals surface area contributed by atoms with Crippen LogP contribution in [0, 0.1) is 19.7 Å². The van der Waals surface area contributed by atoms with Crippen LogP contribution in [-0.4, -0.2) is 5.91 Å². The summed E-state index contributed by atoms with van der Waals surface area (Å²) in [7, 11) is 0. The summed E-state index contributed by atoms with van der Waals surface area (Å²) in [4.78, 5) is 28.3. The van der Waals surface area contributed by atoms with Gasteiger partial charge in [0.25, 0.3) is 5.91 Å². The molecule has 4 nitrogen and oxygen atoms in total. The number of halogens is 1. The Labute approximate surface area is 172 Å². The van der Waals surface area contributed by atoms with Crippen LogP contribution in [0.25, 0.3) is 11.0 Å². The van der Waals surface area contributed by atoms with Crippen molar-refractivity contribution in [2.75, 3.05) is 4.90 Å². The second-order valence-corrected chi connectivity index (χ2v) is 7.61. The topological polar surface area (TPSA) is 50.5 Å². The Bertz CT molecular complexity index is 1370. The van der Waals surface area contributed by atoms with Crippen LogP contribution in [0.5, 0.6) is 0 Å². The van der Waals surface area contributed by atoms with Crippen LogP contribution in [0.4, 0.5) is 10.1 Å². The van der Waals surface area contributed by atoms with Crippen LogP contribution >= 0.6 is 0 Å². The van der Waals surface area contributed by atoms with Crippen LogP contribution in [0.2, 0.25) is 0 Å². The molecule has 1 amide bonds. The van der Waals surface area contributed by atoms with Gasteiger partial charge in [0.15, 0.2) is 5.43 Å². The van der Waals surface area contributed by atoms with Gasteiger partial charge in [-0.15, -0.1) is 0 Å². The molecular formula is C25H18FNO3. The Balaban J connectivity index is 1.84. The molecule has 0 bridgehead atoms. The molecule has 0 radical (unpaired) electrons. The summed E-state index contributed by atoms with van der Waals surface area (Å²) in [5.41, 5.74) is 2.96. The molecule has 0 N–H and O–H groups in total. The van der Waals surface area contributed by atoms with Gasteiger partial charge in [0.05, 0.1) is 17.0 Å². The van der Waals surface area contributed by atoms with E-state index in [0.717, 1.165) is 11.1 Å². The van der Waals surface area contributed by atoms with Crippen LogP contribution < -0.4 is 10.3 Å². The lowest BCUT2D eigenvalue weighted by atomic mass is 9.97. The zero-order chi connectivity index (χ0) is 21.0. The molecule has 5 heteroatoms. The maximum absolute atomic E-state index is 14.9. The van der Waals surface area contributed by atoms with Gasteiger partial charge in [0.1, 0.15) is 11.4 Å². The van der Waals surface area contributed by atoms with Crippen LogP contribution in [0.3, 0.4) is 0 Å². The van der Waals surface area contributed by atoms with E-state index in [9.17, 15) is 14.0 Å². The second kappa shape index (κ2) is 6.66. The van der Waals surface area contributed by atoms with Gasteiger partial charge in [-0.25, -0.2) is 4.39 Å². The van der Waals surface area contributed by atoms with E-state index in [2.05, 4.69) is 0 Å². The zero-order valence-corrected chi connectivity index (χ0v) is 16.5. The van der Waals surface area contributed by atoms with E-state index in [0.29, 0.717) is 16.7 Å². The van der Waals surface area contributed by atoms with Gasteiger partial charge in [-0.1, -0.05) is 47.5 Å². The highest BCUT2D eigenvalue weighted by Gasteiger charge is 2.44. The van der Waals surface area contributed by atoms with Crippen molar-refractivity contribution >= 4 is 22.6 Å². The summed E-state index contributed by atoms with van der Waals surface area (Å²) in [6, 6.07) is 17.9. The molecule has 1 unspecified atom stereocenters. The van der Waals surface area contributed by atoms with Crippen LogP contribution in [0.1, 0.15) is 38.9 Å². The Morgan fingerprint density at radius 3 is 2.33 bits per heavy atom. The number of rotatable bonds is 2. The molecule has 1 aliphatic rings. The van der Waals surface area contributed by atoms with E-state index in [1.54, 1.807) is 42.5 Å². The van der Waals surface area contributed by atoms with Crippen molar-refractivity contribution in [1.82, 2.24) is 0 Å². The molecule has 0 saturated carbocycles. The highest BCUT2D eigenvalue weighted by atomic mass is 19.1. The Morgan fingerprint density at radius 2 is 1.60 bits per heavy atom. The fraction of sp³-hybridized carbons (Fsp3) is 0.120. The maximum atomic E-state index is 14.9. The Morgan fingerprint density at radius 1 is 0.900 bits per heavy atom. The molecule has 30 heavy (non-hydrogen) atoms. The Kier molecular flexibility index (Phi) is 4.07. The van der Waals surface area contributed by atoms with E-state index in [-0.39, 0.29) is 22.3 Å². The minimum atomic E-state index is -0.905. The monoisotopic (exact) mass is 399 g/mol. The van der Waals surface area contributed by atoms with Crippen molar-refractivity contribution in [1.29, 1.82) is 0 Å². The van der Waals surface area contributed by atoms with E-state index in [1.807, 2.05) is 32.0 Å². The molecule has 0 fully saturated rings. The summed E-state index contributed by atoms with van der Waals surface area (Å²) in [6.45, 7) is 3.82. The van der Waals surface area contributed by atoms with Gasteiger partial charge in [-0.2, -0.15) is 0 Å². The largest absolute Gasteiger partial charge is 0.450 e. The third kappa shape index (κ3) is 2.66. The van der Waals surface area contributed by atoms with Gasteiger partial charge in [0.2, 0.25) is 5.76 Å². The molecule has 148 valence electrons. The normalized spacial score (nSPS) is 15.6. The smallest absolute Gasteiger partial charge is 0.295 e. The molecule has 1 atom stereocenters. The summed E-state index contributed by atoms with van der Waals surface area (Å²) >= 11 is 0. The molecule has 1 aromatic heterocycles. The second-order valence-electron chi connectivity index (χ2n) is 7.61. The predicted molar refractivity (Wildman–Crippen MR) is 113 cm³/mol. The molecule has 0 spiro atoms. The van der Waals surface area contributed by atoms with Gasteiger partial charge in [-0.05, 0) is 44.2 Å². The molecule has 1 aliphatic heterocycles. The molecule has 0 aliphatic carbocycles. The van der Waals surface area contributed by atoms with Crippen molar-refractivity contribution in [2.45, 2.75) is 19.9 Å². The third-order valence-corrected chi connectivity index (χ3v) is 5.54. The first-order valence-electron chi connectivity index (χ1n) is 9.67. The summed E-state index contributed by atoms with van der Waals surface area (Å²) in [5.74, 6) is -0.976. The lowest BCUT2D eigenvalue weighted by Gasteiger charge is -2.25.